The molecule has 1 N–H and O–H groups in total. The molecule has 1 heterocycles. The van der Waals surface area contributed by atoms with Crippen LogP contribution in [-0.4, -0.2) is 54.5 Å². The van der Waals surface area contributed by atoms with Gasteiger partial charge in [0.1, 0.15) is 0 Å². The molecule has 2 atom stereocenters. The van der Waals surface area contributed by atoms with Crippen LogP contribution in [-0.2, 0) is 4.79 Å². The maximum absolute atomic E-state index is 12.3. The molecule has 1 fully saturated rings. The minimum Gasteiger partial charge on any atom is -0.345 e. The zero-order valence-corrected chi connectivity index (χ0v) is 14.8. The van der Waals surface area contributed by atoms with E-state index >= 15 is 0 Å². The molecular formula is C17H30N4O2. The number of nitriles is 1. The fourth-order valence-corrected chi connectivity index (χ4v) is 3.06. The number of urea groups is 1. The third kappa shape index (κ3) is 6.09. The van der Waals surface area contributed by atoms with Gasteiger partial charge in [0.15, 0.2) is 0 Å². The second kappa shape index (κ2) is 9.39. The Balaban J connectivity index is 2.55. The Morgan fingerprint density at radius 2 is 2.09 bits per heavy atom. The van der Waals surface area contributed by atoms with Crippen molar-refractivity contribution in [1.29, 1.82) is 5.26 Å². The molecule has 1 saturated heterocycles. The largest absolute Gasteiger partial charge is 0.345 e. The number of likely N-dealkylation sites (tertiary alicyclic amines) is 1. The summed E-state index contributed by atoms with van der Waals surface area (Å²) in [5.41, 5.74) is 0. The molecule has 23 heavy (non-hydrogen) atoms. The summed E-state index contributed by atoms with van der Waals surface area (Å²) in [6.45, 7) is 7.94. The van der Waals surface area contributed by atoms with Gasteiger partial charge >= 0.3 is 6.03 Å². The van der Waals surface area contributed by atoms with Gasteiger partial charge in [0.05, 0.1) is 12.5 Å². The van der Waals surface area contributed by atoms with Gasteiger partial charge in [-0.15, -0.1) is 0 Å². The monoisotopic (exact) mass is 322 g/mol. The first kappa shape index (κ1) is 19.3. The Bertz CT molecular complexity index is 444. The third-order valence-corrected chi connectivity index (χ3v) is 4.54. The fraction of sp³-hybridized carbons (Fsp3) is 0.824. The molecule has 0 aromatic carbocycles. The quantitative estimate of drug-likeness (QED) is 0.814. The van der Waals surface area contributed by atoms with Gasteiger partial charge in [0.25, 0.3) is 0 Å². The average Bonchev–Trinajstić information content (AvgIpc) is 2.51. The van der Waals surface area contributed by atoms with E-state index in [4.69, 9.17) is 5.26 Å². The van der Waals surface area contributed by atoms with Gasteiger partial charge in [0, 0.05) is 39.1 Å². The third-order valence-electron chi connectivity index (χ3n) is 4.54. The summed E-state index contributed by atoms with van der Waals surface area (Å²) in [6.07, 6.45) is 2.71. The highest BCUT2D eigenvalue weighted by Gasteiger charge is 2.32. The lowest BCUT2D eigenvalue weighted by molar-refractivity contribution is -0.131. The zero-order valence-electron chi connectivity index (χ0n) is 14.8. The number of nitrogens with zero attached hydrogens (tertiary/aromatic N) is 3. The number of carbonyl (C=O) groups is 2. The lowest BCUT2D eigenvalue weighted by Gasteiger charge is -2.38. The minimum atomic E-state index is -0.00522. The predicted molar refractivity (Wildman–Crippen MR) is 89.6 cm³/mol. The van der Waals surface area contributed by atoms with Crippen molar-refractivity contribution in [3.8, 4) is 6.07 Å². The van der Waals surface area contributed by atoms with Gasteiger partial charge in [-0.25, -0.2) is 4.79 Å². The Hall–Kier alpha value is -1.77. The Morgan fingerprint density at radius 3 is 2.65 bits per heavy atom. The number of amides is 3. The smallest absolute Gasteiger partial charge is 0.317 e. The van der Waals surface area contributed by atoms with Crippen LogP contribution >= 0.6 is 0 Å². The van der Waals surface area contributed by atoms with Gasteiger partial charge in [-0.2, -0.15) is 5.26 Å². The maximum Gasteiger partial charge on any atom is 0.317 e. The average molecular weight is 322 g/mol. The molecule has 6 heteroatoms. The van der Waals surface area contributed by atoms with Gasteiger partial charge in [-0.05, 0) is 32.1 Å². The molecule has 0 aromatic heterocycles. The summed E-state index contributed by atoms with van der Waals surface area (Å²) in [7, 11) is 1.76. The Kier molecular flexibility index (Phi) is 7.87. The van der Waals surface area contributed by atoms with Crippen LogP contribution in [0.25, 0.3) is 0 Å². The molecule has 0 radical (unpaired) electrons. The van der Waals surface area contributed by atoms with Crippen molar-refractivity contribution < 1.29 is 9.59 Å². The molecule has 130 valence electrons. The van der Waals surface area contributed by atoms with Crippen LogP contribution < -0.4 is 5.32 Å². The normalized spacial score (nSPS) is 21.0. The Labute approximate surface area is 139 Å². The first-order valence-electron chi connectivity index (χ1n) is 8.55. The van der Waals surface area contributed by atoms with Crippen LogP contribution in [0.5, 0.6) is 0 Å². The number of rotatable bonds is 6. The summed E-state index contributed by atoms with van der Waals surface area (Å²) in [6, 6.07) is 2.20. The van der Waals surface area contributed by atoms with Crippen LogP contribution in [0.15, 0.2) is 0 Å². The van der Waals surface area contributed by atoms with Gasteiger partial charge in [0.2, 0.25) is 5.91 Å². The number of hydrogen-bond acceptors (Lipinski definition) is 3. The van der Waals surface area contributed by atoms with Crippen LogP contribution in [0, 0.1) is 23.2 Å². The van der Waals surface area contributed by atoms with Gasteiger partial charge in [-0.1, -0.05) is 13.3 Å². The van der Waals surface area contributed by atoms with Gasteiger partial charge in [-0.3, -0.25) is 4.79 Å². The van der Waals surface area contributed by atoms with Gasteiger partial charge < -0.3 is 15.1 Å². The molecule has 3 amide bonds. The number of nitrogens with one attached hydrogen (secondary N) is 1. The predicted octanol–water partition coefficient (Wildman–Crippen LogP) is 2.21. The highest BCUT2D eigenvalue weighted by Crippen LogP contribution is 2.29. The lowest BCUT2D eigenvalue weighted by Crippen LogP contribution is -2.50. The van der Waals surface area contributed by atoms with Crippen LogP contribution in [0.3, 0.4) is 0 Å². The first-order valence-corrected chi connectivity index (χ1v) is 8.55. The number of hydrogen-bond donors (Lipinski definition) is 1. The fourth-order valence-electron chi connectivity index (χ4n) is 3.06. The summed E-state index contributed by atoms with van der Waals surface area (Å²) in [4.78, 5) is 27.9. The molecule has 0 unspecified atom stereocenters. The highest BCUT2D eigenvalue weighted by atomic mass is 16.2. The molecule has 1 aliphatic heterocycles. The molecule has 6 nitrogen and oxygen atoms in total. The van der Waals surface area contributed by atoms with E-state index in [2.05, 4.69) is 18.3 Å². The van der Waals surface area contributed by atoms with Crippen molar-refractivity contribution in [2.75, 3.05) is 26.7 Å². The van der Waals surface area contributed by atoms with Crippen LogP contribution in [0.2, 0.25) is 0 Å². The van der Waals surface area contributed by atoms with E-state index in [0.717, 1.165) is 19.4 Å². The van der Waals surface area contributed by atoms with Crippen molar-refractivity contribution in [2.24, 2.45) is 11.8 Å². The van der Waals surface area contributed by atoms with Crippen molar-refractivity contribution in [1.82, 2.24) is 15.1 Å². The number of carbonyl (C=O) groups excluding carboxylic acids is 2. The van der Waals surface area contributed by atoms with E-state index in [1.165, 1.54) is 0 Å². The molecule has 0 saturated carbocycles. The molecule has 0 bridgehead atoms. The standard InChI is InChI=1S/C17H30N4O2/c1-5-14-12-21(17(23)19-13(2)3)10-7-15(14)11-16(22)20(4)9-6-8-18/h13-15H,5-7,9-12H2,1-4H3,(H,19,23)/t14-,15-/m0/s1. The van der Waals surface area contributed by atoms with Crippen molar-refractivity contribution in [3.63, 3.8) is 0 Å². The number of piperidine rings is 1. The van der Waals surface area contributed by atoms with E-state index in [-0.39, 0.29) is 18.0 Å². The van der Waals surface area contributed by atoms with Crippen LogP contribution in [0.4, 0.5) is 4.79 Å². The van der Waals surface area contributed by atoms with E-state index in [1.54, 1.807) is 11.9 Å². The summed E-state index contributed by atoms with van der Waals surface area (Å²) < 4.78 is 0. The maximum atomic E-state index is 12.3. The lowest BCUT2D eigenvalue weighted by atomic mass is 9.81. The molecule has 0 spiro atoms. The summed E-state index contributed by atoms with van der Waals surface area (Å²) in [5.74, 6) is 0.777. The topological polar surface area (TPSA) is 76.4 Å². The molecule has 0 aliphatic carbocycles. The first-order chi connectivity index (χ1) is 10.9. The van der Waals surface area contributed by atoms with E-state index in [9.17, 15) is 9.59 Å². The van der Waals surface area contributed by atoms with E-state index < -0.39 is 0 Å². The minimum absolute atomic E-state index is 0.00522. The molecule has 0 aromatic rings. The SMILES string of the molecule is CC[C@H]1CN(C(=O)NC(C)C)CC[C@H]1CC(=O)N(C)CCC#N. The highest BCUT2D eigenvalue weighted by molar-refractivity contribution is 5.76. The molecule has 1 aliphatic rings. The second-order valence-electron chi connectivity index (χ2n) is 6.69. The van der Waals surface area contributed by atoms with Crippen LogP contribution in [0.1, 0.15) is 46.5 Å². The summed E-state index contributed by atoms with van der Waals surface area (Å²) in [5, 5.41) is 11.5. The van der Waals surface area contributed by atoms with Crippen molar-refractivity contribution in [2.45, 2.75) is 52.5 Å². The summed E-state index contributed by atoms with van der Waals surface area (Å²) >= 11 is 0. The molecular weight excluding hydrogens is 292 g/mol. The van der Waals surface area contributed by atoms with Crippen molar-refractivity contribution >= 4 is 11.9 Å². The van der Waals surface area contributed by atoms with Crippen molar-refractivity contribution in [3.05, 3.63) is 0 Å². The zero-order chi connectivity index (χ0) is 17.4. The Morgan fingerprint density at radius 1 is 1.39 bits per heavy atom. The second-order valence-corrected chi connectivity index (χ2v) is 6.69. The van der Waals surface area contributed by atoms with E-state index in [0.29, 0.717) is 37.8 Å². The molecule has 1 rings (SSSR count). The van der Waals surface area contributed by atoms with E-state index in [1.807, 2.05) is 18.7 Å².